The Morgan fingerprint density at radius 2 is 0.900 bits per heavy atom. The fraction of sp³-hybridized carbons (Fsp3) is 0.200. The number of aryl methyl sites for hydroxylation is 2. The minimum atomic E-state index is -6.09. The van der Waals surface area contributed by atoms with E-state index in [0.717, 1.165) is 59.6 Å². The van der Waals surface area contributed by atoms with Gasteiger partial charge in [-0.2, -0.15) is 35.5 Å². The summed E-state index contributed by atoms with van der Waals surface area (Å²) in [5.74, 6) is 1.96. The summed E-state index contributed by atoms with van der Waals surface area (Å²) in [4.78, 5) is 16.5. The predicted molar refractivity (Wildman–Crippen MR) is 163 cm³/mol. The van der Waals surface area contributed by atoms with Crippen molar-refractivity contribution in [3.05, 3.63) is 120 Å². The maximum absolute atomic E-state index is 10.7. The first-order valence-corrected chi connectivity index (χ1v) is 17.0. The molecule has 4 heterocycles. The van der Waals surface area contributed by atoms with Crippen molar-refractivity contribution >= 4 is 42.3 Å². The number of imidazole rings is 2. The van der Waals surface area contributed by atoms with Gasteiger partial charge in [-0.1, -0.05) is 60.7 Å². The molecular formula is C30H26F6N6O6S2. The Morgan fingerprint density at radius 1 is 0.580 bits per heavy atom. The standard InChI is InChI=1S/C28H24N6.2CHF3O3S/c1-3-7-21(8-4-1)17-33-15-13-23-25(19-33)31-27(29-23)11-12-28-30-24-14-16-34(20-26(24)32-28)18-22-9-5-2-6-10-22;2*2-1(3,4)8(5,6)7/h1-10,13-16,19-20H,11-12,17-18H2;2*(H,5,6,7). The van der Waals surface area contributed by atoms with Gasteiger partial charge in [0.15, 0.2) is 58.1 Å². The zero-order chi connectivity index (χ0) is 36.7. The zero-order valence-corrected chi connectivity index (χ0v) is 27.0. The van der Waals surface area contributed by atoms with Crippen LogP contribution in [0.25, 0.3) is 22.1 Å². The maximum Gasteiger partial charge on any atom is 0.485 e. The van der Waals surface area contributed by atoms with E-state index < -0.39 is 31.3 Å². The van der Waals surface area contributed by atoms with Crippen LogP contribution in [0.1, 0.15) is 22.8 Å². The number of pyridine rings is 2. The Kier molecular flexibility index (Phi) is 11.6. The molecule has 12 nitrogen and oxygen atoms in total. The van der Waals surface area contributed by atoms with E-state index in [-0.39, 0.29) is 0 Å². The van der Waals surface area contributed by atoms with E-state index in [9.17, 15) is 26.3 Å². The summed E-state index contributed by atoms with van der Waals surface area (Å²) in [5.41, 5.74) is -4.64. The van der Waals surface area contributed by atoms with E-state index >= 15 is 0 Å². The largest absolute Gasteiger partial charge is 0.741 e. The summed E-state index contributed by atoms with van der Waals surface area (Å²) in [6.07, 6.45) is 10.0. The average Bonchev–Trinajstić information content (AvgIpc) is 3.62. The summed E-state index contributed by atoms with van der Waals surface area (Å²) in [6.45, 7) is 1.68. The first kappa shape index (κ1) is 37.9. The number of halogens is 6. The number of nitrogens with zero attached hydrogens (tertiary/aromatic N) is 4. The SMILES string of the molecule is O=S(=O)([O-])C(F)(F)F.O=S(=O)([O-])C(F)(F)F.c1ccc(C[n+]2ccc3nc(CCc4nc5cc[n+](Cc6ccccc6)cc5[nH]4)[nH]c3c2)cc1. The molecule has 0 unspecified atom stereocenters. The molecule has 6 aromatic rings. The molecule has 0 saturated carbocycles. The second-order valence-electron chi connectivity index (χ2n) is 10.5. The Morgan fingerprint density at radius 3 is 1.20 bits per heavy atom. The van der Waals surface area contributed by atoms with Crippen molar-refractivity contribution in [2.75, 3.05) is 0 Å². The Labute approximate surface area is 280 Å². The highest BCUT2D eigenvalue weighted by atomic mass is 32.2. The number of fused-ring (bicyclic) bond motifs is 2. The number of aromatic amines is 2. The van der Waals surface area contributed by atoms with Crippen molar-refractivity contribution in [3.63, 3.8) is 0 Å². The predicted octanol–water partition coefficient (Wildman–Crippen LogP) is 4.00. The molecule has 6 rings (SSSR count). The number of nitrogens with one attached hydrogen (secondary N) is 2. The van der Waals surface area contributed by atoms with Crippen LogP contribution in [-0.4, -0.2) is 56.9 Å². The van der Waals surface area contributed by atoms with E-state index in [4.69, 9.17) is 35.9 Å². The summed E-state index contributed by atoms with van der Waals surface area (Å²) in [6, 6.07) is 25.1. The third-order valence-electron chi connectivity index (χ3n) is 6.64. The molecule has 0 aliphatic heterocycles. The van der Waals surface area contributed by atoms with Crippen molar-refractivity contribution in [1.29, 1.82) is 0 Å². The lowest BCUT2D eigenvalue weighted by Gasteiger charge is -2.08. The van der Waals surface area contributed by atoms with Crippen LogP contribution in [0, 0.1) is 0 Å². The fourth-order valence-corrected chi connectivity index (χ4v) is 4.37. The van der Waals surface area contributed by atoms with Crippen LogP contribution < -0.4 is 9.13 Å². The van der Waals surface area contributed by atoms with E-state index in [2.05, 4.69) is 105 Å². The normalized spacial score (nSPS) is 12.2. The molecule has 0 amide bonds. The lowest BCUT2D eigenvalue weighted by atomic mass is 10.2. The number of alkyl halides is 6. The lowest BCUT2D eigenvalue weighted by Crippen LogP contribution is -2.33. The van der Waals surface area contributed by atoms with Gasteiger partial charge in [-0.25, -0.2) is 26.8 Å². The molecule has 2 aromatic carbocycles. The van der Waals surface area contributed by atoms with E-state index in [1.807, 2.05) is 12.1 Å². The number of H-pyrrole nitrogens is 2. The first-order valence-electron chi connectivity index (χ1n) is 14.2. The molecule has 0 aliphatic carbocycles. The van der Waals surface area contributed by atoms with E-state index in [1.165, 1.54) is 11.1 Å². The van der Waals surface area contributed by atoms with Gasteiger partial charge in [-0.3, -0.25) is 0 Å². The molecule has 266 valence electrons. The highest BCUT2D eigenvalue weighted by Gasteiger charge is 2.37. The van der Waals surface area contributed by atoms with Gasteiger partial charge in [0.05, 0.1) is 0 Å². The van der Waals surface area contributed by atoms with Gasteiger partial charge in [0.1, 0.15) is 33.7 Å². The smallest absolute Gasteiger partial charge is 0.485 e. The van der Waals surface area contributed by atoms with Crippen molar-refractivity contribution in [3.8, 4) is 0 Å². The molecule has 0 aliphatic rings. The average molecular weight is 745 g/mol. The molecule has 0 fully saturated rings. The van der Waals surface area contributed by atoms with Crippen molar-refractivity contribution in [2.24, 2.45) is 0 Å². The van der Waals surface area contributed by atoms with Crippen LogP contribution in [0.4, 0.5) is 26.3 Å². The number of benzene rings is 2. The van der Waals surface area contributed by atoms with Gasteiger partial charge in [0, 0.05) is 36.1 Å². The molecule has 0 atom stereocenters. The number of hydrogen-bond donors (Lipinski definition) is 2. The van der Waals surface area contributed by atoms with Crippen LogP contribution in [0.15, 0.2) is 97.6 Å². The lowest BCUT2D eigenvalue weighted by molar-refractivity contribution is -0.687. The summed E-state index contributed by atoms with van der Waals surface area (Å²) >= 11 is 0. The molecule has 2 N–H and O–H groups in total. The van der Waals surface area contributed by atoms with E-state index in [1.54, 1.807) is 0 Å². The van der Waals surface area contributed by atoms with Gasteiger partial charge in [-0.05, 0) is 0 Å². The molecule has 0 bridgehead atoms. The van der Waals surface area contributed by atoms with Gasteiger partial charge in [-0.15, -0.1) is 0 Å². The van der Waals surface area contributed by atoms with Crippen molar-refractivity contribution in [2.45, 2.75) is 36.9 Å². The number of aromatic nitrogens is 6. The minimum absolute atomic E-state index is 0.803. The highest BCUT2D eigenvalue weighted by Crippen LogP contribution is 2.21. The van der Waals surface area contributed by atoms with Crippen LogP contribution in [-0.2, 0) is 46.2 Å². The maximum atomic E-state index is 10.7. The Balaban J connectivity index is 0.000000294. The molecule has 4 aromatic heterocycles. The summed E-state index contributed by atoms with van der Waals surface area (Å²) in [5, 5.41) is 0. The van der Waals surface area contributed by atoms with Crippen molar-refractivity contribution in [1.82, 2.24) is 19.9 Å². The molecule has 50 heavy (non-hydrogen) atoms. The number of hydrogen-bond acceptors (Lipinski definition) is 8. The Bertz CT molecular complexity index is 2100. The Hall–Kier alpha value is -4.92. The summed E-state index contributed by atoms with van der Waals surface area (Å²) < 4.78 is 122. The third-order valence-corrected chi connectivity index (χ3v) is 7.77. The van der Waals surface area contributed by atoms with E-state index in [0.29, 0.717) is 0 Å². The highest BCUT2D eigenvalue weighted by molar-refractivity contribution is 7.86. The minimum Gasteiger partial charge on any atom is -0.741 e. The van der Waals surface area contributed by atoms with Crippen LogP contribution in [0.3, 0.4) is 0 Å². The van der Waals surface area contributed by atoms with Gasteiger partial charge in [0.2, 0.25) is 0 Å². The van der Waals surface area contributed by atoms with Crippen LogP contribution in [0.2, 0.25) is 0 Å². The van der Waals surface area contributed by atoms with Gasteiger partial charge in [0.25, 0.3) is 0 Å². The second kappa shape index (κ2) is 15.3. The molecule has 20 heteroatoms. The molecule has 0 radical (unpaired) electrons. The molecular weight excluding hydrogens is 718 g/mol. The first-order chi connectivity index (χ1) is 23.3. The fourth-order valence-electron chi connectivity index (χ4n) is 4.37. The zero-order valence-electron chi connectivity index (χ0n) is 25.4. The second-order valence-corrected chi connectivity index (χ2v) is 13.2. The topological polar surface area (TPSA) is 180 Å². The van der Waals surface area contributed by atoms with Gasteiger partial charge < -0.3 is 19.1 Å². The van der Waals surface area contributed by atoms with Crippen LogP contribution in [0.5, 0.6) is 0 Å². The summed E-state index contributed by atoms with van der Waals surface area (Å²) in [7, 11) is -12.2. The van der Waals surface area contributed by atoms with Crippen molar-refractivity contribution < 1.29 is 61.4 Å². The molecule has 0 spiro atoms. The quantitative estimate of drug-likeness (QED) is 0.107. The van der Waals surface area contributed by atoms with Gasteiger partial charge >= 0.3 is 11.0 Å². The van der Waals surface area contributed by atoms with Crippen LogP contribution >= 0.6 is 0 Å². The number of rotatable bonds is 7. The third kappa shape index (κ3) is 10.8. The molecule has 0 saturated heterocycles. The monoisotopic (exact) mass is 744 g/mol.